The highest BCUT2D eigenvalue weighted by Crippen LogP contribution is 2.51. The molecule has 4 aliphatic heterocycles. The second-order valence-corrected chi connectivity index (χ2v) is 41.7. The van der Waals surface area contributed by atoms with Gasteiger partial charge in [0.1, 0.15) is 63.2 Å². The van der Waals surface area contributed by atoms with Crippen molar-refractivity contribution in [1.82, 2.24) is 38.2 Å². The SMILES string of the molecule is [C-]#[N+]c1ccc(-c2nc(N3CCC4(CCCC4)CC3)c(C)c(=O)n2-c2ccc(C3CC3)cc2)cc1F.[C-]#[N+]c1ccc(-c2nc(N3CCC4CCCC4C3)c(C)c(=O)n2-c2ccc(C3CC3)cc2)cc1F.[C-]#[N+]c1ccc(-c2nc(N3CCC4CCCC4C3)c(Cl)c(=O)n2-c2ccc(C3CC3)cc2)cc1F.[C-]#[N+]c1ccc(-c2nc(N3CCC4CCCC4C3)c(F)c(=O)n2-c2ccc(C3CC3)cc2)cc1F. The molecule has 4 saturated heterocycles. The van der Waals surface area contributed by atoms with Crippen LogP contribution in [-0.4, -0.2) is 90.6 Å². The highest BCUT2D eigenvalue weighted by atomic mass is 35.5. The van der Waals surface area contributed by atoms with E-state index >= 15 is 4.39 Å². The van der Waals surface area contributed by atoms with Crippen LogP contribution in [0.1, 0.15) is 224 Å². The summed E-state index contributed by atoms with van der Waals surface area (Å²) in [6.07, 6.45) is 31.3. The van der Waals surface area contributed by atoms with Crippen molar-refractivity contribution in [2.45, 2.75) is 204 Å². The topological polar surface area (TPSA) is 170 Å². The molecule has 141 heavy (non-hydrogen) atoms. The first-order chi connectivity index (χ1) is 68.6. The van der Waals surface area contributed by atoms with Gasteiger partial charge >= 0.3 is 0 Å². The average Bonchev–Trinajstić information content (AvgIpc) is 1.74. The summed E-state index contributed by atoms with van der Waals surface area (Å²) in [5, 5.41) is 0.0923. The molecule has 24 rings (SSSR count). The molecular formula is C115H112ClF5N16O4. The number of aromatic nitrogens is 8. The fraction of sp³-hybridized carbons (Fsp3) is 0.409. The highest BCUT2D eigenvalue weighted by molar-refractivity contribution is 6.32. The van der Waals surface area contributed by atoms with Crippen LogP contribution in [0.4, 0.5) is 68.0 Å². The molecule has 12 aromatic rings. The van der Waals surface area contributed by atoms with E-state index in [2.05, 4.69) is 63.3 Å². The summed E-state index contributed by atoms with van der Waals surface area (Å²) >= 11 is 6.70. The van der Waals surface area contributed by atoms with Crippen LogP contribution < -0.4 is 41.8 Å². The van der Waals surface area contributed by atoms with E-state index in [0.29, 0.717) is 146 Å². The van der Waals surface area contributed by atoms with Crippen molar-refractivity contribution in [3.05, 3.63) is 324 Å². The molecule has 4 aromatic heterocycles. The van der Waals surface area contributed by atoms with Crippen LogP contribution in [0.2, 0.25) is 5.02 Å². The molecule has 8 aliphatic carbocycles. The molecule has 12 fully saturated rings. The number of hydrogen-bond acceptors (Lipinski definition) is 12. The van der Waals surface area contributed by atoms with Gasteiger partial charge in [-0.3, -0.25) is 37.4 Å². The summed E-state index contributed by atoms with van der Waals surface area (Å²) in [6, 6.07) is 49.1. The first-order valence-corrected chi connectivity index (χ1v) is 51.0. The van der Waals surface area contributed by atoms with Crippen molar-refractivity contribution in [2.75, 3.05) is 72.0 Å². The van der Waals surface area contributed by atoms with E-state index in [1.54, 1.807) is 45.5 Å². The molecule has 12 aliphatic rings. The molecule has 6 atom stereocenters. The minimum absolute atomic E-state index is 0.0351. The number of anilines is 4. The quantitative estimate of drug-likeness (QED) is 0.0664. The van der Waals surface area contributed by atoms with Crippen LogP contribution in [0.25, 0.3) is 87.7 Å². The Morgan fingerprint density at radius 2 is 0.582 bits per heavy atom. The predicted molar refractivity (Wildman–Crippen MR) is 544 cm³/mol. The Balaban J connectivity index is 0.000000111. The number of halogens is 6. The van der Waals surface area contributed by atoms with Crippen LogP contribution in [-0.2, 0) is 0 Å². The molecule has 1 spiro atoms. The van der Waals surface area contributed by atoms with Crippen molar-refractivity contribution in [3.8, 4) is 68.3 Å². The summed E-state index contributed by atoms with van der Waals surface area (Å²) in [5.74, 6) is 6.14. The second kappa shape index (κ2) is 39.5. The minimum atomic E-state index is -0.880. The fourth-order valence-corrected chi connectivity index (χ4v) is 24.1. The van der Waals surface area contributed by atoms with Gasteiger partial charge < -0.3 is 19.6 Å². The second-order valence-electron chi connectivity index (χ2n) is 41.3. The lowest BCUT2D eigenvalue weighted by atomic mass is 9.77. The molecule has 0 N–H and O–H groups in total. The van der Waals surface area contributed by atoms with Gasteiger partial charge in [0.05, 0.1) is 60.2 Å². The average molecular weight is 1910 g/mol. The van der Waals surface area contributed by atoms with E-state index in [-0.39, 0.29) is 56.1 Å². The molecule has 26 heteroatoms. The molecule has 0 bridgehead atoms. The molecule has 8 saturated carbocycles. The van der Waals surface area contributed by atoms with E-state index in [1.165, 1.54) is 195 Å². The van der Waals surface area contributed by atoms with Gasteiger partial charge in [-0.1, -0.05) is 160 Å². The Hall–Kier alpha value is -13.6. The van der Waals surface area contributed by atoms with E-state index < -0.39 is 34.6 Å². The summed E-state index contributed by atoms with van der Waals surface area (Å²) in [5.41, 5.74) is 9.38. The number of nitrogens with zero attached hydrogens (tertiary/aromatic N) is 16. The van der Waals surface area contributed by atoms with E-state index in [4.69, 9.17) is 52.8 Å². The summed E-state index contributed by atoms with van der Waals surface area (Å²) in [4.78, 5) is 96.0. The van der Waals surface area contributed by atoms with Gasteiger partial charge in [-0.15, -0.1) is 0 Å². The third-order valence-corrected chi connectivity index (χ3v) is 32.8. The zero-order chi connectivity index (χ0) is 97.2. The maximum Gasteiger partial charge on any atom is 0.296 e. The Bertz CT molecular complexity index is 6780. The highest BCUT2D eigenvalue weighted by Gasteiger charge is 2.42. The minimum Gasteiger partial charge on any atom is -0.356 e. The molecule has 0 amide bonds. The normalized spacial score (nSPS) is 20.9. The Morgan fingerprint density at radius 1 is 0.305 bits per heavy atom. The van der Waals surface area contributed by atoms with Gasteiger partial charge in [-0.25, -0.2) is 56.9 Å². The van der Waals surface area contributed by atoms with E-state index in [9.17, 15) is 36.7 Å². The van der Waals surface area contributed by atoms with Gasteiger partial charge in [0.15, 0.2) is 11.6 Å². The number of rotatable bonds is 16. The van der Waals surface area contributed by atoms with Gasteiger partial charge in [0.25, 0.3) is 22.2 Å². The smallest absolute Gasteiger partial charge is 0.296 e. The van der Waals surface area contributed by atoms with Crippen molar-refractivity contribution < 1.29 is 22.0 Å². The van der Waals surface area contributed by atoms with Crippen LogP contribution in [0.15, 0.2) is 189 Å². The van der Waals surface area contributed by atoms with E-state index in [0.717, 1.165) is 114 Å². The van der Waals surface area contributed by atoms with Crippen molar-refractivity contribution in [1.29, 1.82) is 0 Å². The summed E-state index contributed by atoms with van der Waals surface area (Å²) in [6.45, 7) is 39.0. The van der Waals surface area contributed by atoms with Crippen molar-refractivity contribution >= 4 is 57.6 Å². The third-order valence-electron chi connectivity index (χ3n) is 32.5. The number of hydrogen-bond donors (Lipinski definition) is 0. The van der Waals surface area contributed by atoms with Gasteiger partial charge in [0.2, 0.25) is 28.6 Å². The van der Waals surface area contributed by atoms with Gasteiger partial charge in [0, 0.05) is 74.6 Å². The predicted octanol–water partition coefficient (Wildman–Crippen LogP) is 26.3. The van der Waals surface area contributed by atoms with Crippen LogP contribution in [0, 0.1) is 110 Å². The molecule has 8 heterocycles. The van der Waals surface area contributed by atoms with Crippen molar-refractivity contribution in [3.63, 3.8) is 0 Å². The Kier molecular flexibility index (Phi) is 26.2. The van der Waals surface area contributed by atoms with Crippen LogP contribution in [0.5, 0.6) is 0 Å². The van der Waals surface area contributed by atoms with Gasteiger partial charge in [-0.05, 0) is 289 Å². The monoisotopic (exact) mass is 1910 g/mol. The largest absolute Gasteiger partial charge is 0.356 e. The Labute approximate surface area is 822 Å². The fourth-order valence-electron chi connectivity index (χ4n) is 23.8. The zero-order valence-electron chi connectivity index (χ0n) is 79.5. The van der Waals surface area contributed by atoms with Crippen LogP contribution in [0.3, 0.4) is 0 Å². The number of piperidine rings is 4. The third kappa shape index (κ3) is 19.0. The first-order valence-electron chi connectivity index (χ1n) is 50.6. The molecule has 8 aromatic carbocycles. The molecular weight excluding hydrogens is 1800 g/mol. The first kappa shape index (κ1) is 93.7. The molecule has 20 nitrogen and oxygen atoms in total. The lowest BCUT2D eigenvalue weighted by molar-refractivity contribution is 0.226. The summed E-state index contributed by atoms with van der Waals surface area (Å²) in [7, 11) is 0. The van der Waals surface area contributed by atoms with Crippen LogP contribution >= 0.6 is 11.6 Å². The zero-order valence-corrected chi connectivity index (χ0v) is 80.3. The Morgan fingerprint density at radius 3 is 0.894 bits per heavy atom. The standard InChI is InChI=1S/C30H31FN4O.C29H29FN4O.C28H26ClFN4O.C28H26F2N4O/c1-20-27(34-17-15-30(16-18-34)13-3-4-14-30)33-28(23-9-12-26(32-2)25(31)19-23)35(29(20)36)24-10-7-22(8-11-24)21-5-6-21;1-18-27(33-15-14-19-4-3-5-23(19)17-33)32-28(22-10-13-26(31-2)25(30)16-22)34(29(18)35)24-11-8-21(9-12-24)20-6-7-20;1-31-24-12-9-20(15-23(24)30)26-32-27(33-14-13-17-3-2-4-21(17)16-33)25(29)28(35)34(26)22-10-7-19(8-11-22)18-5-6-18;1-31-24-12-9-20(15-23(24)29)26-32-27(33-14-13-17-3-2-4-21(17)16-33)25(30)28(35)34(26)22-10-7-19(8-11-22)18-5-6-18/h7-12,19,21H,3-6,13-18H2,1H3;8-13,16,19-20,23H,3-7,14-15,17H2,1H3;2*7-12,15,17-18,21H,2-6,13-14,16H2. The van der Waals surface area contributed by atoms with Crippen molar-refractivity contribution in [2.24, 2.45) is 40.9 Å². The molecule has 6 unspecified atom stereocenters. The van der Waals surface area contributed by atoms with Gasteiger partial charge in [-0.2, -0.15) is 4.39 Å². The number of fused-ring (bicyclic) bond motifs is 3. The molecule has 0 radical (unpaired) electrons. The lowest BCUT2D eigenvalue weighted by Gasteiger charge is -2.40. The number of benzene rings is 8. The van der Waals surface area contributed by atoms with E-state index in [1.807, 2.05) is 79.4 Å². The maximum absolute atomic E-state index is 15.6. The molecule has 718 valence electrons. The summed E-state index contributed by atoms with van der Waals surface area (Å²) < 4.78 is 80.1. The lowest BCUT2D eigenvalue weighted by Crippen LogP contribution is -2.41. The maximum atomic E-state index is 15.6.